The lowest BCUT2D eigenvalue weighted by molar-refractivity contribution is 0.0986. The van der Waals surface area contributed by atoms with Crippen molar-refractivity contribution < 1.29 is 9.47 Å². The quantitative estimate of drug-likeness (QED) is 0.721. The van der Waals surface area contributed by atoms with E-state index in [0.717, 1.165) is 31.0 Å². The molecule has 1 N–H and O–H groups in total. The standard InChI is InChI=1S/C13H23N3O2/c1-5-7-17-8-9-18-13-10(3)12(14-6-2)15-11(4)16-13/h5-9H2,1-4H3,(H,14,15,16). The molecule has 1 aromatic rings. The van der Waals surface area contributed by atoms with Gasteiger partial charge in [0.2, 0.25) is 5.88 Å². The monoisotopic (exact) mass is 253 g/mol. The van der Waals surface area contributed by atoms with Gasteiger partial charge in [0.25, 0.3) is 0 Å². The molecule has 0 saturated heterocycles. The van der Waals surface area contributed by atoms with Gasteiger partial charge in [-0.15, -0.1) is 0 Å². The molecule has 0 bridgehead atoms. The molecule has 0 spiro atoms. The highest BCUT2D eigenvalue weighted by atomic mass is 16.5. The maximum atomic E-state index is 5.64. The van der Waals surface area contributed by atoms with Gasteiger partial charge in [0, 0.05) is 13.2 Å². The van der Waals surface area contributed by atoms with E-state index in [1.54, 1.807) is 0 Å². The minimum Gasteiger partial charge on any atom is -0.475 e. The molecular weight excluding hydrogens is 230 g/mol. The number of rotatable bonds is 8. The van der Waals surface area contributed by atoms with Crippen LogP contribution in [0.3, 0.4) is 0 Å². The first kappa shape index (κ1) is 14.7. The fraction of sp³-hybridized carbons (Fsp3) is 0.692. The molecule has 0 atom stereocenters. The summed E-state index contributed by atoms with van der Waals surface area (Å²) in [6.45, 7) is 10.7. The minimum atomic E-state index is 0.517. The Hall–Kier alpha value is -1.36. The summed E-state index contributed by atoms with van der Waals surface area (Å²) >= 11 is 0. The van der Waals surface area contributed by atoms with Crippen LogP contribution < -0.4 is 10.1 Å². The van der Waals surface area contributed by atoms with Crippen LogP contribution in [0.5, 0.6) is 5.88 Å². The number of nitrogens with one attached hydrogen (secondary N) is 1. The molecule has 5 heteroatoms. The van der Waals surface area contributed by atoms with E-state index in [1.165, 1.54) is 0 Å². The first-order valence-electron chi connectivity index (χ1n) is 6.48. The van der Waals surface area contributed by atoms with Crippen molar-refractivity contribution in [3.8, 4) is 5.88 Å². The van der Waals surface area contributed by atoms with Crippen LogP contribution in [-0.2, 0) is 4.74 Å². The third-order valence-electron chi connectivity index (χ3n) is 2.37. The normalized spacial score (nSPS) is 10.4. The molecule has 0 fully saturated rings. The zero-order chi connectivity index (χ0) is 13.4. The number of anilines is 1. The third kappa shape index (κ3) is 4.49. The SMILES string of the molecule is CCCOCCOc1nc(C)nc(NCC)c1C. The molecule has 0 aliphatic heterocycles. The van der Waals surface area contributed by atoms with E-state index >= 15 is 0 Å². The Kier molecular flexibility index (Phi) is 6.43. The zero-order valence-corrected chi connectivity index (χ0v) is 11.7. The van der Waals surface area contributed by atoms with Crippen molar-refractivity contribution in [3.63, 3.8) is 0 Å². The van der Waals surface area contributed by atoms with Gasteiger partial charge in [0.05, 0.1) is 12.2 Å². The Morgan fingerprint density at radius 3 is 2.50 bits per heavy atom. The lowest BCUT2D eigenvalue weighted by atomic mass is 10.3. The fourth-order valence-corrected chi connectivity index (χ4v) is 1.53. The number of aryl methyl sites for hydroxylation is 1. The summed E-state index contributed by atoms with van der Waals surface area (Å²) in [5, 5.41) is 3.21. The minimum absolute atomic E-state index is 0.517. The first-order chi connectivity index (χ1) is 8.69. The number of hydrogen-bond acceptors (Lipinski definition) is 5. The van der Waals surface area contributed by atoms with E-state index in [1.807, 2.05) is 20.8 Å². The predicted octanol–water partition coefficient (Wildman–Crippen LogP) is 2.33. The Morgan fingerprint density at radius 1 is 1.06 bits per heavy atom. The van der Waals surface area contributed by atoms with Crippen molar-refractivity contribution in [3.05, 3.63) is 11.4 Å². The predicted molar refractivity (Wildman–Crippen MR) is 72.3 cm³/mol. The molecule has 0 amide bonds. The van der Waals surface area contributed by atoms with Crippen LogP contribution in [-0.4, -0.2) is 36.3 Å². The van der Waals surface area contributed by atoms with E-state index in [4.69, 9.17) is 9.47 Å². The summed E-state index contributed by atoms with van der Waals surface area (Å²) in [6, 6.07) is 0. The summed E-state index contributed by atoms with van der Waals surface area (Å²) in [4.78, 5) is 8.65. The van der Waals surface area contributed by atoms with Crippen molar-refractivity contribution in [2.24, 2.45) is 0 Å². The van der Waals surface area contributed by atoms with Gasteiger partial charge in [0.15, 0.2) is 0 Å². The first-order valence-corrected chi connectivity index (χ1v) is 6.48. The number of aromatic nitrogens is 2. The molecule has 0 aliphatic rings. The average molecular weight is 253 g/mol. The summed E-state index contributed by atoms with van der Waals surface area (Å²) in [6.07, 6.45) is 1.02. The topological polar surface area (TPSA) is 56.3 Å². The van der Waals surface area contributed by atoms with Crippen LogP contribution in [0.25, 0.3) is 0 Å². The van der Waals surface area contributed by atoms with Crippen LogP contribution >= 0.6 is 0 Å². The smallest absolute Gasteiger partial charge is 0.221 e. The van der Waals surface area contributed by atoms with E-state index < -0.39 is 0 Å². The van der Waals surface area contributed by atoms with Gasteiger partial charge < -0.3 is 14.8 Å². The van der Waals surface area contributed by atoms with Crippen molar-refractivity contribution >= 4 is 5.82 Å². The molecule has 18 heavy (non-hydrogen) atoms. The maximum absolute atomic E-state index is 5.64. The molecular formula is C13H23N3O2. The van der Waals surface area contributed by atoms with Gasteiger partial charge in [-0.1, -0.05) is 6.92 Å². The van der Waals surface area contributed by atoms with E-state index in [-0.39, 0.29) is 0 Å². The summed E-state index contributed by atoms with van der Waals surface area (Å²) < 4.78 is 11.0. The highest BCUT2D eigenvalue weighted by Crippen LogP contribution is 2.21. The maximum Gasteiger partial charge on any atom is 0.221 e. The van der Waals surface area contributed by atoms with Crippen LogP contribution in [0.4, 0.5) is 5.82 Å². The molecule has 1 rings (SSSR count). The Balaban J connectivity index is 2.58. The van der Waals surface area contributed by atoms with E-state index in [0.29, 0.717) is 24.9 Å². The Labute approximate surface area is 109 Å². The van der Waals surface area contributed by atoms with E-state index in [9.17, 15) is 0 Å². The lowest BCUT2D eigenvalue weighted by Gasteiger charge is -2.12. The van der Waals surface area contributed by atoms with Crippen molar-refractivity contribution in [1.29, 1.82) is 0 Å². The molecule has 0 saturated carbocycles. The highest BCUT2D eigenvalue weighted by molar-refractivity contribution is 5.48. The van der Waals surface area contributed by atoms with E-state index in [2.05, 4.69) is 22.2 Å². The molecule has 102 valence electrons. The largest absolute Gasteiger partial charge is 0.475 e. The fourth-order valence-electron chi connectivity index (χ4n) is 1.53. The second-order valence-electron chi connectivity index (χ2n) is 4.04. The van der Waals surface area contributed by atoms with Crippen molar-refractivity contribution in [2.45, 2.75) is 34.1 Å². The third-order valence-corrected chi connectivity index (χ3v) is 2.37. The molecule has 0 aromatic carbocycles. The van der Waals surface area contributed by atoms with Crippen LogP contribution in [0.1, 0.15) is 31.7 Å². The summed E-state index contributed by atoms with van der Waals surface area (Å²) in [7, 11) is 0. The highest BCUT2D eigenvalue weighted by Gasteiger charge is 2.09. The molecule has 0 unspecified atom stereocenters. The summed E-state index contributed by atoms with van der Waals surface area (Å²) in [5.41, 5.74) is 0.943. The van der Waals surface area contributed by atoms with Gasteiger partial charge in [-0.05, 0) is 27.2 Å². The van der Waals surface area contributed by atoms with Gasteiger partial charge in [0.1, 0.15) is 18.2 Å². The Morgan fingerprint density at radius 2 is 1.83 bits per heavy atom. The molecule has 5 nitrogen and oxygen atoms in total. The van der Waals surface area contributed by atoms with Gasteiger partial charge in [-0.3, -0.25) is 0 Å². The number of nitrogens with zero attached hydrogens (tertiary/aromatic N) is 2. The number of ether oxygens (including phenoxy) is 2. The van der Waals surface area contributed by atoms with Gasteiger partial charge in [-0.25, -0.2) is 4.98 Å². The molecule has 0 aliphatic carbocycles. The number of hydrogen-bond donors (Lipinski definition) is 1. The molecule has 0 radical (unpaired) electrons. The van der Waals surface area contributed by atoms with Crippen LogP contribution in [0, 0.1) is 13.8 Å². The second-order valence-corrected chi connectivity index (χ2v) is 4.04. The Bertz CT molecular complexity index is 369. The molecule has 1 aromatic heterocycles. The average Bonchev–Trinajstić information content (AvgIpc) is 2.34. The van der Waals surface area contributed by atoms with Crippen LogP contribution in [0.2, 0.25) is 0 Å². The lowest BCUT2D eigenvalue weighted by Crippen LogP contribution is -2.11. The van der Waals surface area contributed by atoms with Crippen molar-refractivity contribution in [2.75, 3.05) is 31.7 Å². The van der Waals surface area contributed by atoms with Crippen LogP contribution in [0.15, 0.2) is 0 Å². The van der Waals surface area contributed by atoms with Crippen molar-refractivity contribution in [1.82, 2.24) is 9.97 Å². The zero-order valence-electron chi connectivity index (χ0n) is 11.7. The molecule has 1 heterocycles. The van der Waals surface area contributed by atoms with Gasteiger partial charge >= 0.3 is 0 Å². The summed E-state index contributed by atoms with van der Waals surface area (Å²) in [5.74, 6) is 2.19. The van der Waals surface area contributed by atoms with Gasteiger partial charge in [-0.2, -0.15) is 4.98 Å². The second kappa shape index (κ2) is 7.87.